The number of rotatable bonds is 3. The normalized spacial score (nSPS) is 21.2. The van der Waals surface area contributed by atoms with Crippen molar-refractivity contribution >= 4 is 6.41 Å². The smallest absolute Gasteiger partial charge is 0.221 e. The van der Waals surface area contributed by atoms with Gasteiger partial charge in [-0.15, -0.1) is 0 Å². The number of hydrazine groups is 1. The Kier molecular flexibility index (Phi) is 5.57. The minimum Gasteiger partial charge on any atom is -0.294 e. The van der Waals surface area contributed by atoms with E-state index in [1.54, 1.807) is 0 Å². The Morgan fingerprint density at radius 3 is 2.00 bits per heavy atom. The largest absolute Gasteiger partial charge is 0.294 e. The molecule has 3 heteroatoms. The molecular weight excluding hydrogens is 164 g/mol. The van der Waals surface area contributed by atoms with Crippen molar-refractivity contribution in [3.63, 3.8) is 0 Å². The molecule has 2 N–H and O–H groups in total. The summed E-state index contributed by atoms with van der Waals surface area (Å²) in [6.45, 7) is 0. The molecule has 0 aliphatic heterocycles. The predicted molar refractivity (Wildman–Crippen MR) is 53.1 cm³/mol. The van der Waals surface area contributed by atoms with Crippen molar-refractivity contribution in [3.8, 4) is 0 Å². The van der Waals surface area contributed by atoms with Crippen LogP contribution in [0.5, 0.6) is 0 Å². The topological polar surface area (TPSA) is 41.1 Å². The highest BCUT2D eigenvalue weighted by Gasteiger charge is 2.08. The van der Waals surface area contributed by atoms with E-state index in [1.807, 2.05) is 0 Å². The fraction of sp³-hybridized carbons (Fsp3) is 0.900. The molecular formula is C10H20N2O. The lowest BCUT2D eigenvalue weighted by molar-refractivity contribution is -0.110. The third-order valence-electron chi connectivity index (χ3n) is 2.70. The van der Waals surface area contributed by atoms with Crippen LogP contribution in [0.1, 0.15) is 51.4 Å². The van der Waals surface area contributed by atoms with E-state index >= 15 is 0 Å². The highest BCUT2D eigenvalue weighted by Crippen LogP contribution is 2.16. The summed E-state index contributed by atoms with van der Waals surface area (Å²) in [7, 11) is 0. The van der Waals surface area contributed by atoms with Gasteiger partial charge in [0.15, 0.2) is 0 Å². The van der Waals surface area contributed by atoms with E-state index in [0.29, 0.717) is 12.5 Å². The average molecular weight is 184 g/mol. The van der Waals surface area contributed by atoms with E-state index in [9.17, 15) is 4.79 Å². The van der Waals surface area contributed by atoms with Gasteiger partial charge in [0.25, 0.3) is 0 Å². The minimum atomic E-state index is 0.489. The SMILES string of the molecule is O=CNNC1CCCCCCCC1. The maximum atomic E-state index is 10.1. The summed E-state index contributed by atoms with van der Waals surface area (Å²) in [5, 5.41) is 0. The molecule has 3 nitrogen and oxygen atoms in total. The molecule has 0 unspecified atom stereocenters. The summed E-state index contributed by atoms with van der Waals surface area (Å²) in [5.41, 5.74) is 5.60. The zero-order chi connectivity index (χ0) is 9.36. The van der Waals surface area contributed by atoms with Gasteiger partial charge >= 0.3 is 0 Å². The van der Waals surface area contributed by atoms with Crippen molar-refractivity contribution in [1.29, 1.82) is 0 Å². The van der Waals surface area contributed by atoms with E-state index in [-0.39, 0.29) is 0 Å². The van der Waals surface area contributed by atoms with Crippen LogP contribution in [-0.2, 0) is 4.79 Å². The van der Waals surface area contributed by atoms with Crippen LogP contribution < -0.4 is 10.9 Å². The summed E-state index contributed by atoms with van der Waals surface area (Å²) in [6, 6.07) is 0.489. The maximum absolute atomic E-state index is 10.1. The lowest BCUT2D eigenvalue weighted by Gasteiger charge is -2.16. The zero-order valence-electron chi connectivity index (χ0n) is 8.22. The molecule has 0 aromatic heterocycles. The van der Waals surface area contributed by atoms with Gasteiger partial charge in [0, 0.05) is 6.04 Å². The minimum absolute atomic E-state index is 0.489. The van der Waals surface area contributed by atoms with Crippen LogP contribution in [0.25, 0.3) is 0 Å². The van der Waals surface area contributed by atoms with Gasteiger partial charge in [-0.05, 0) is 12.8 Å². The molecule has 0 bridgehead atoms. The number of carbonyl (C=O) groups excluding carboxylic acids is 1. The van der Waals surface area contributed by atoms with Crippen LogP contribution in [0.2, 0.25) is 0 Å². The van der Waals surface area contributed by atoms with E-state index in [0.717, 1.165) is 0 Å². The standard InChI is InChI=1S/C10H20N2O/c13-9-11-12-10-7-5-3-1-2-4-6-8-10/h9-10,12H,1-8H2,(H,11,13). The van der Waals surface area contributed by atoms with Crippen molar-refractivity contribution in [3.05, 3.63) is 0 Å². The molecule has 0 radical (unpaired) electrons. The second-order valence-electron chi connectivity index (χ2n) is 3.80. The molecule has 1 aliphatic rings. The molecule has 0 heterocycles. The predicted octanol–water partition coefficient (Wildman–Crippen LogP) is 1.74. The highest BCUT2D eigenvalue weighted by atomic mass is 16.1. The summed E-state index contributed by atoms with van der Waals surface area (Å²) in [5.74, 6) is 0. The number of amides is 1. The molecule has 1 amide bonds. The van der Waals surface area contributed by atoms with Gasteiger partial charge in [-0.3, -0.25) is 10.2 Å². The van der Waals surface area contributed by atoms with Gasteiger partial charge in [-0.1, -0.05) is 38.5 Å². The summed E-state index contributed by atoms with van der Waals surface area (Å²) >= 11 is 0. The lowest BCUT2D eigenvalue weighted by atomic mass is 10.1. The Bertz CT molecular complexity index is 129. The molecule has 76 valence electrons. The Balaban J connectivity index is 2.19. The fourth-order valence-electron chi connectivity index (χ4n) is 1.93. The lowest BCUT2D eigenvalue weighted by Crippen LogP contribution is -2.39. The van der Waals surface area contributed by atoms with Crippen LogP contribution in [0.15, 0.2) is 0 Å². The molecule has 0 atom stereocenters. The van der Waals surface area contributed by atoms with Crippen LogP contribution in [0, 0.1) is 0 Å². The second-order valence-corrected chi connectivity index (χ2v) is 3.80. The van der Waals surface area contributed by atoms with E-state index in [2.05, 4.69) is 10.9 Å². The van der Waals surface area contributed by atoms with Crippen molar-refractivity contribution in [2.24, 2.45) is 0 Å². The van der Waals surface area contributed by atoms with Crippen LogP contribution >= 0.6 is 0 Å². The summed E-state index contributed by atoms with van der Waals surface area (Å²) in [6.07, 6.45) is 11.1. The first-order valence-corrected chi connectivity index (χ1v) is 5.38. The first-order valence-electron chi connectivity index (χ1n) is 5.38. The van der Waals surface area contributed by atoms with Gasteiger partial charge in [-0.2, -0.15) is 0 Å². The maximum Gasteiger partial charge on any atom is 0.221 e. The number of hydrogen-bond acceptors (Lipinski definition) is 2. The van der Waals surface area contributed by atoms with Gasteiger partial charge in [0.2, 0.25) is 6.41 Å². The van der Waals surface area contributed by atoms with Crippen molar-refractivity contribution in [2.75, 3.05) is 0 Å². The Labute approximate surface area is 80.2 Å². The second kappa shape index (κ2) is 6.89. The van der Waals surface area contributed by atoms with Crippen LogP contribution in [-0.4, -0.2) is 12.5 Å². The molecule has 1 saturated carbocycles. The molecule has 0 aromatic rings. The molecule has 1 rings (SSSR count). The quantitative estimate of drug-likeness (QED) is 0.518. The van der Waals surface area contributed by atoms with E-state index in [4.69, 9.17) is 0 Å². The summed E-state index contributed by atoms with van der Waals surface area (Å²) < 4.78 is 0. The zero-order valence-corrected chi connectivity index (χ0v) is 8.22. The van der Waals surface area contributed by atoms with Gasteiger partial charge in [0.05, 0.1) is 0 Å². The molecule has 0 aromatic carbocycles. The fourth-order valence-corrected chi connectivity index (χ4v) is 1.93. The molecule has 1 aliphatic carbocycles. The van der Waals surface area contributed by atoms with Gasteiger partial charge < -0.3 is 0 Å². The number of carbonyl (C=O) groups is 1. The number of hydrogen-bond donors (Lipinski definition) is 2. The highest BCUT2D eigenvalue weighted by molar-refractivity contribution is 5.44. The van der Waals surface area contributed by atoms with Crippen molar-refractivity contribution in [2.45, 2.75) is 57.4 Å². The van der Waals surface area contributed by atoms with Gasteiger partial charge in [-0.25, -0.2) is 5.43 Å². The Morgan fingerprint density at radius 2 is 1.46 bits per heavy atom. The van der Waals surface area contributed by atoms with Crippen LogP contribution in [0.3, 0.4) is 0 Å². The molecule has 1 fully saturated rings. The third kappa shape index (κ3) is 4.88. The van der Waals surface area contributed by atoms with Crippen molar-refractivity contribution < 1.29 is 4.79 Å². The molecule has 0 saturated heterocycles. The first-order chi connectivity index (χ1) is 6.43. The van der Waals surface area contributed by atoms with E-state index in [1.165, 1.54) is 51.4 Å². The van der Waals surface area contributed by atoms with Crippen LogP contribution in [0.4, 0.5) is 0 Å². The Hall–Kier alpha value is -0.570. The van der Waals surface area contributed by atoms with E-state index < -0.39 is 0 Å². The Morgan fingerprint density at radius 1 is 0.923 bits per heavy atom. The third-order valence-corrected chi connectivity index (χ3v) is 2.70. The molecule has 0 spiro atoms. The monoisotopic (exact) mass is 184 g/mol. The first kappa shape index (κ1) is 10.5. The summed E-state index contributed by atoms with van der Waals surface area (Å²) in [4.78, 5) is 10.1. The molecule has 13 heavy (non-hydrogen) atoms. The number of nitrogens with one attached hydrogen (secondary N) is 2. The van der Waals surface area contributed by atoms with Gasteiger partial charge in [0.1, 0.15) is 0 Å². The van der Waals surface area contributed by atoms with Crippen molar-refractivity contribution in [1.82, 2.24) is 10.9 Å². The average Bonchev–Trinajstić information content (AvgIpc) is 2.28.